The van der Waals surface area contributed by atoms with Crippen molar-refractivity contribution in [3.8, 4) is 0 Å². The minimum Gasteiger partial charge on any atom is -0.378 e. The molecule has 1 aliphatic heterocycles. The van der Waals surface area contributed by atoms with Crippen molar-refractivity contribution < 1.29 is 9.41 Å². The van der Waals surface area contributed by atoms with Gasteiger partial charge in [-0.15, -0.1) is 0 Å². The van der Waals surface area contributed by atoms with E-state index in [4.69, 9.17) is 0 Å². The molecule has 0 aromatic rings. The summed E-state index contributed by atoms with van der Waals surface area (Å²) in [6, 6.07) is 0. The van der Waals surface area contributed by atoms with Crippen molar-refractivity contribution in [1.29, 1.82) is 0 Å². The lowest BCUT2D eigenvalue weighted by Crippen LogP contribution is -2.08. The lowest BCUT2D eigenvalue weighted by atomic mass is 10.4. The number of halogens is 2. The minimum atomic E-state index is 0. The molecule has 1 heterocycles. The van der Waals surface area contributed by atoms with Crippen molar-refractivity contribution in [2.24, 2.45) is 0 Å². The number of hydrogen-bond acceptors (Lipinski definition) is 1. The molecule has 0 aromatic carbocycles. The molecule has 1 saturated heterocycles. The van der Waals surface area contributed by atoms with Crippen molar-refractivity contribution >= 4 is 0 Å². The Bertz CT molecular complexity index is 69.5. The standard InChI is InChI=1S/C6H11N.2FH/c1-2-7-5-3-4-6-7;;/h2H,1,3-6H2;2*1H. The van der Waals surface area contributed by atoms with Crippen LogP contribution in [0.5, 0.6) is 0 Å². The Morgan fingerprint density at radius 2 is 1.56 bits per heavy atom. The third kappa shape index (κ3) is 3.06. The zero-order chi connectivity index (χ0) is 5.11. The van der Waals surface area contributed by atoms with Gasteiger partial charge in [0, 0.05) is 13.1 Å². The van der Waals surface area contributed by atoms with E-state index in [9.17, 15) is 0 Å². The second-order valence-electron chi connectivity index (χ2n) is 1.93. The van der Waals surface area contributed by atoms with Crippen LogP contribution in [0.15, 0.2) is 12.8 Å². The van der Waals surface area contributed by atoms with Crippen LogP contribution >= 0.6 is 0 Å². The largest absolute Gasteiger partial charge is 0.378 e. The Morgan fingerprint density at radius 1 is 1.11 bits per heavy atom. The van der Waals surface area contributed by atoms with Gasteiger partial charge in [-0.2, -0.15) is 0 Å². The van der Waals surface area contributed by atoms with E-state index in [1.807, 2.05) is 6.20 Å². The molecule has 0 radical (unpaired) electrons. The maximum absolute atomic E-state index is 3.67. The summed E-state index contributed by atoms with van der Waals surface area (Å²) < 4.78 is 0. The monoisotopic (exact) mass is 137 g/mol. The first-order valence-electron chi connectivity index (χ1n) is 2.80. The Morgan fingerprint density at radius 3 is 1.78 bits per heavy atom. The molecule has 56 valence electrons. The van der Waals surface area contributed by atoms with Gasteiger partial charge in [0.2, 0.25) is 0 Å². The molecule has 0 spiro atoms. The second kappa shape index (κ2) is 5.54. The molecule has 0 saturated carbocycles. The highest BCUT2D eigenvalue weighted by molar-refractivity contribution is 4.75. The third-order valence-electron chi connectivity index (χ3n) is 1.40. The Balaban J connectivity index is 0. The van der Waals surface area contributed by atoms with Crippen molar-refractivity contribution in [3.05, 3.63) is 12.8 Å². The molecule has 1 rings (SSSR count). The molecule has 0 aromatic heterocycles. The van der Waals surface area contributed by atoms with Crippen LogP contribution in [0.25, 0.3) is 0 Å². The van der Waals surface area contributed by atoms with Crippen LogP contribution in [-0.2, 0) is 0 Å². The molecule has 0 bridgehead atoms. The summed E-state index contributed by atoms with van der Waals surface area (Å²) in [7, 11) is 0. The molecule has 0 unspecified atom stereocenters. The molecule has 1 fully saturated rings. The first-order valence-corrected chi connectivity index (χ1v) is 2.80. The number of nitrogens with zero attached hydrogens (tertiary/aromatic N) is 1. The minimum absolute atomic E-state index is 0. The summed E-state index contributed by atoms with van der Waals surface area (Å²) in [4.78, 5) is 2.25. The van der Waals surface area contributed by atoms with Gasteiger partial charge in [-0.25, -0.2) is 0 Å². The predicted molar refractivity (Wildman–Crippen MR) is 36.0 cm³/mol. The van der Waals surface area contributed by atoms with Crippen molar-refractivity contribution in [2.45, 2.75) is 12.8 Å². The highest BCUT2D eigenvalue weighted by Gasteiger charge is 2.04. The predicted octanol–water partition coefficient (Wildman–Crippen LogP) is 1.53. The summed E-state index contributed by atoms with van der Waals surface area (Å²) >= 11 is 0. The molecule has 3 heteroatoms. The van der Waals surface area contributed by atoms with Gasteiger partial charge in [0.05, 0.1) is 0 Å². The van der Waals surface area contributed by atoms with Gasteiger partial charge in [-0.3, -0.25) is 9.41 Å². The first kappa shape index (κ1) is 11.2. The molecule has 9 heavy (non-hydrogen) atoms. The molecule has 0 N–H and O–H groups in total. The van der Waals surface area contributed by atoms with E-state index in [-0.39, 0.29) is 9.41 Å². The van der Waals surface area contributed by atoms with Crippen molar-refractivity contribution in [1.82, 2.24) is 4.90 Å². The van der Waals surface area contributed by atoms with Crippen LogP contribution in [0.1, 0.15) is 12.8 Å². The second-order valence-corrected chi connectivity index (χ2v) is 1.93. The van der Waals surface area contributed by atoms with Crippen molar-refractivity contribution in [3.63, 3.8) is 0 Å². The van der Waals surface area contributed by atoms with Crippen LogP contribution in [0, 0.1) is 0 Å². The average molecular weight is 137 g/mol. The zero-order valence-electron chi connectivity index (χ0n) is 5.38. The first-order chi connectivity index (χ1) is 3.43. The lowest BCUT2D eigenvalue weighted by molar-refractivity contribution is 0.469. The van der Waals surface area contributed by atoms with E-state index in [0.29, 0.717) is 0 Å². The smallest absolute Gasteiger partial charge is 0.0172 e. The van der Waals surface area contributed by atoms with Gasteiger partial charge >= 0.3 is 0 Å². The number of rotatable bonds is 1. The fourth-order valence-electron chi connectivity index (χ4n) is 0.924. The van der Waals surface area contributed by atoms with Gasteiger partial charge in [0.1, 0.15) is 0 Å². The maximum atomic E-state index is 3.67. The molecule has 1 nitrogen and oxygen atoms in total. The lowest BCUT2D eigenvalue weighted by Gasteiger charge is -2.07. The van der Waals surface area contributed by atoms with Gasteiger partial charge in [-0.1, -0.05) is 6.58 Å². The Kier molecular flexibility index (Phi) is 6.91. The fraction of sp³-hybridized carbons (Fsp3) is 0.667. The molecule has 1 aliphatic rings. The van der Waals surface area contributed by atoms with Crippen LogP contribution in [0.3, 0.4) is 0 Å². The van der Waals surface area contributed by atoms with Crippen molar-refractivity contribution in [2.75, 3.05) is 13.1 Å². The SMILES string of the molecule is C=CN1CCCC1.F.F. The fourth-order valence-corrected chi connectivity index (χ4v) is 0.924. The summed E-state index contributed by atoms with van der Waals surface area (Å²) in [5.41, 5.74) is 0. The summed E-state index contributed by atoms with van der Waals surface area (Å²) in [5.74, 6) is 0. The quantitative estimate of drug-likeness (QED) is 0.529. The highest BCUT2D eigenvalue weighted by atomic mass is 19.0. The molecule has 0 amide bonds. The van der Waals surface area contributed by atoms with E-state index < -0.39 is 0 Å². The normalized spacial score (nSPS) is 15.8. The summed E-state index contributed by atoms with van der Waals surface area (Å²) in [6.07, 6.45) is 4.63. The topological polar surface area (TPSA) is 3.24 Å². The van der Waals surface area contributed by atoms with E-state index in [2.05, 4.69) is 11.5 Å². The third-order valence-corrected chi connectivity index (χ3v) is 1.40. The average Bonchev–Trinajstić information content (AvgIpc) is 2.14. The molecular formula is C6H13F2N. The molecular weight excluding hydrogens is 124 g/mol. The Labute approximate surface area is 54.1 Å². The van der Waals surface area contributed by atoms with Crippen LogP contribution in [0.2, 0.25) is 0 Å². The van der Waals surface area contributed by atoms with E-state index in [1.54, 1.807) is 0 Å². The number of hydrogen-bond donors (Lipinski definition) is 0. The van der Waals surface area contributed by atoms with Gasteiger partial charge < -0.3 is 4.90 Å². The molecule has 0 aliphatic carbocycles. The van der Waals surface area contributed by atoms with E-state index >= 15 is 0 Å². The summed E-state index contributed by atoms with van der Waals surface area (Å²) in [6.45, 7) is 6.12. The maximum Gasteiger partial charge on any atom is 0.0172 e. The van der Waals surface area contributed by atoms with Crippen LogP contribution < -0.4 is 0 Å². The Hall–Kier alpha value is -0.600. The van der Waals surface area contributed by atoms with Crippen LogP contribution in [-0.4, -0.2) is 18.0 Å². The number of likely N-dealkylation sites (tertiary alicyclic amines) is 1. The van der Waals surface area contributed by atoms with Gasteiger partial charge in [0.15, 0.2) is 0 Å². The van der Waals surface area contributed by atoms with Gasteiger partial charge in [0.25, 0.3) is 0 Å². The zero-order valence-corrected chi connectivity index (χ0v) is 5.38. The van der Waals surface area contributed by atoms with Crippen LogP contribution in [0.4, 0.5) is 9.41 Å². The molecule has 0 atom stereocenters. The summed E-state index contributed by atoms with van der Waals surface area (Å²) in [5, 5.41) is 0. The highest BCUT2D eigenvalue weighted by Crippen LogP contribution is 2.05. The van der Waals surface area contributed by atoms with Gasteiger partial charge in [-0.05, 0) is 19.0 Å². The van der Waals surface area contributed by atoms with E-state index in [1.165, 1.54) is 25.9 Å². The van der Waals surface area contributed by atoms with E-state index in [0.717, 1.165) is 0 Å².